The van der Waals surface area contributed by atoms with Gasteiger partial charge in [0, 0.05) is 34.0 Å². The number of fused-ring (bicyclic) bond motifs is 1. The number of nitrogens with one attached hydrogen (secondary N) is 1. The summed E-state index contributed by atoms with van der Waals surface area (Å²) in [6.45, 7) is 1.00. The first-order valence-corrected chi connectivity index (χ1v) is 12.2. The fraction of sp³-hybridized carbons (Fsp3) is 0.185. The van der Waals surface area contributed by atoms with Crippen molar-refractivity contribution in [2.45, 2.75) is 30.8 Å². The molecule has 0 fully saturated rings. The lowest BCUT2D eigenvalue weighted by Gasteiger charge is -2.37. The molecule has 0 aliphatic heterocycles. The Morgan fingerprint density at radius 1 is 0.902 bits per heavy atom. The molecule has 0 saturated heterocycles. The van der Waals surface area contributed by atoms with E-state index in [0.29, 0.717) is 6.07 Å². The van der Waals surface area contributed by atoms with Gasteiger partial charge in [-0.05, 0) is 47.5 Å². The van der Waals surface area contributed by atoms with Gasteiger partial charge in [-0.3, -0.25) is 4.79 Å². The van der Waals surface area contributed by atoms with Crippen molar-refractivity contribution >= 4 is 40.1 Å². The van der Waals surface area contributed by atoms with E-state index in [1.807, 2.05) is 0 Å². The SMILES string of the molecule is C[C@H](c1ccc(Oc2ccc(C(=O)O)c(Cl)c2)cc1Cl)[C@@](O)(c1ccc2[nH]c(=O)cc(C(F)(F)F)c2c1)C(F)(F)F. The van der Waals surface area contributed by atoms with E-state index in [4.69, 9.17) is 33.0 Å². The lowest BCUT2D eigenvalue weighted by Crippen LogP contribution is -2.46. The van der Waals surface area contributed by atoms with Gasteiger partial charge in [0.15, 0.2) is 5.60 Å². The van der Waals surface area contributed by atoms with Crippen LogP contribution in [0.5, 0.6) is 11.5 Å². The van der Waals surface area contributed by atoms with Crippen molar-refractivity contribution in [3.8, 4) is 11.5 Å². The molecule has 0 amide bonds. The van der Waals surface area contributed by atoms with Gasteiger partial charge < -0.3 is 19.9 Å². The van der Waals surface area contributed by atoms with Crippen LogP contribution in [0.15, 0.2) is 65.5 Å². The van der Waals surface area contributed by atoms with Gasteiger partial charge in [0.05, 0.1) is 16.1 Å². The Morgan fingerprint density at radius 3 is 2.05 bits per heavy atom. The van der Waals surface area contributed by atoms with Gasteiger partial charge in [-0.15, -0.1) is 0 Å². The van der Waals surface area contributed by atoms with E-state index in [-0.39, 0.29) is 44.3 Å². The summed E-state index contributed by atoms with van der Waals surface area (Å²) in [7, 11) is 0. The lowest BCUT2D eigenvalue weighted by atomic mass is 9.77. The van der Waals surface area contributed by atoms with Crippen molar-refractivity contribution in [1.82, 2.24) is 4.98 Å². The number of benzene rings is 3. The zero-order valence-electron chi connectivity index (χ0n) is 20.5. The number of aromatic amines is 1. The van der Waals surface area contributed by atoms with Gasteiger partial charge in [-0.25, -0.2) is 4.79 Å². The van der Waals surface area contributed by atoms with Gasteiger partial charge in [0.25, 0.3) is 0 Å². The van der Waals surface area contributed by atoms with Crippen LogP contribution < -0.4 is 10.3 Å². The fourth-order valence-corrected chi connectivity index (χ4v) is 4.99. The maximum atomic E-state index is 14.5. The summed E-state index contributed by atoms with van der Waals surface area (Å²) in [4.78, 5) is 24.9. The number of pyridine rings is 1. The standard InChI is InChI=1S/C27H17Cl2F6NO5/c1-12(16-5-3-14(9-20(16)28)41-15-4-6-17(24(38)39)21(29)10-15)25(40,27(33,34)35)13-2-7-22-18(8-13)19(26(30,31)32)11-23(37)36-22/h2-12,40H,1H3,(H,36,37)(H,38,39)/t12-,25-/m1/s1. The lowest BCUT2D eigenvalue weighted by molar-refractivity contribution is -0.274. The van der Waals surface area contributed by atoms with E-state index >= 15 is 0 Å². The summed E-state index contributed by atoms with van der Waals surface area (Å²) in [6.07, 6.45) is -10.5. The molecule has 2 atom stereocenters. The van der Waals surface area contributed by atoms with Crippen molar-refractivity contribution < 1.29 is 46.1 Å². The van der Waals surface area contributed by atoms with Crippen LogP contribution >= 0.6 is 23.2 Å². The fourth-order valence-electron chi connectivity index (χ4n) is 4.40. The Balaban J connectivity index is 1.76. The number of ether oxygens (including phenoxy) is 1. The normalized spacial score (nSPS) is 14.5. The van der Waals surface area contributed by atoms with Crippen molar-refractivity contribution in [2.75, 3.05) is 0 Å². The number of aliphatic hydroxyl groups is 1. The topological polar surface area (TPSA) is 99.6 Å². The molecular formula is C27H17Cl2F6NO5. The van der Waals surface area contributed by atoms with Crippen LogP contribution in [0.3, 0.4) is 0 Å². The number of carboxylic acids is 1. The van der Waals surface area contributed by atoms with Crippen LogP contribution in [0.4, 0.5) is 26.3 Å². The summed E-state index contributed by atoms with van der Waals surface area (Å²) in [5.74, 6) is -2.99. The second kappa shape index (κ2) is 10.6. The average Bonchev–Trinajstić information content (AvgIpc) is 2.85. The monoisotopic (exact) mass is 619 g/mol. The smallest absolute Gasteiger partial charge is 0.422 e. The van der Waals surface area contributed by atoms with E-state index in [1.54, 1.807) is 0 Å². The summed E-state index contributed by atoms with van der Waals surface area (Å²) < 4.78 is 89.9. The first-order chi connectivity index (χ1) is 18.9. The number of hydrogen-bond donors (Lipinski definition) is 3. The molecule has 0 aliphatic carbocycles. The van der Waals surface area contributed by atoms with Crippen LogP contribution in [0, 0.1) is 0 Å². The number of alkyl halides is 6. The predicted octanol–water partition coefficient (Wildman–Crippen LogP) is 7.90. The van der Waals surface area contributed by atoms with E-state index < -0.39 is 51.9 Å². The molecule has 41 heavy (non-hydrogen) atoms. The van der Waals surface area contributed by atoms with Crippen LogP contribution in [0.1, 0.15) is 39.9 Å². The largest absolute Gasteiger partial charge is 0.478 e. The number of H-pyrrole nitrogens is 1. The number of rotatable bonds is 6. The minimum atomic E-state index is -5.39. The van der Waals surface area contributed by atoms with Gasteiger partial charge in [0.2, 0.25) is 5.56 Å². The Morgan fingerprint density at radius 2 is 1.51 bits per heavy atom. The molecule has 3 aromatic carbocycles. The zero-order valence-corrected chi connectivity index (χ0v) is 22.0. The Labute approximate surface area is 236 Å². The molecule has 0 spiro atoms. The molecule has 0 unspecified atom stereocenters. The highest BCUT2D eigenvalue weighted by Crippen LogP contribution is 2.51. The number of aromatic nitrogens is 1. The number of hydrogen-bond acceptors (Lipinski definition) is 4. The van der Waals surface area contributed by atoms with E-state index in [1.165, 1.54) is 24.3 Å². The molecule has 1 heterocycles. The van der Waals surface area contributed by atoms with Crippen LogP contribution in [-0.4, -0.2) is 27.3 Å². The average molecular weight is 620 g/mol. The second-order valence-corrected chi connectivity index (χ2v) is 9.84. The maximum absolute atomic E-state index is 14.5. The molecule has 6 nitrogen and oxygen atoms in total. The summed E-state index contributed by atoms with van der Waals surface area (Å²) in [5.41, 5.74) is -7.97. The first-order valence-electron chi connectivity index (χ1n) is 11.5. The van der Waals surface area contributed by atoms with Gasteiger partial charge in [0.1, 0.15) is 11.5 Å². The molecular weight excluding hydrogens is 603 g/mol. The second-order valence-electron chi connectivity index (χ2n) is 9.02. The molecule has 0 aliphatic rings. The van der Waals surface area contributed by atoms with Crippen LogP contribution in [0.25, 0.3) is 10.9 Å². The molecule has 0 radical (unpaired) electrons. The summed E-state index contributed by atoms with van der Waals surface area (Å²) in [5, 5.41) is 19.1. The molecule has 1 aromatic heterocycles. The Hall–Kier alpha value is -3.74. The molecule has 216 valence electrons. The molecule has 4 rings (SSSR count). The van der Waals surface area contributed by atoms with Crippen molar-refractivity contribution in [1.29, 1.82) is 0 Å². The third kappa shape index (κ3) is 5.72. The third-order valence-electron chi connectivity index (χ3n) is 6.49. The highest BCUT2D eigenvalue weighted by molar-refractivity contribution is 6.33. The Bertz CT molecular complexity index is 1720. The molecule has 14 heteroatoms. The maximum Gasteiger partial charge on any atom is 0.422 e. The van der Waals surface area contributed by atoms with Gasteiger partial charge in [-0.2, -0.15) is 26.3 Å². The molecule has 0 saturated carbocycles. The number of carboxylic acid groups (broad SMARTS) is 1. The van der Waals surface area contributed by atoms with E-state index in [0.717, 1.165) is 31.2 Å². The predicted molar refractivity (Wildman–Crippen MR) is 138 cm³/mol. The van der Waals surface area contributed by atoms with Gasteiger partial charge in [-0.1, -0.05) is 42.3 Å². The zero-order chi connectivity index (χ0) is 30.5. The molecule has 3 N–H and O–H groups in total. The number of aromatic carboxylic acids is 1. The van der Waals surface area contributed by atoms with Crippen molar-refractivity contribution in [3.63, 3.8) is 0 Å². The highest BCUT2D eigenvalue weighted by Gasteiger charge is 2.59. The molecule has 0 bridgehead atoms. The first kappa shape index (κ1) is 30.2. The molecule has 4 aromatic rings. The minimum absolute atomic E-state index is 0.0325. The van der Waals surface area contributed by atoms with Crippen molar-refractivity contribution in [2.24, 2.45) is 0 Å². The Kier molecular flexibility index (Phi) is 7.80. The van der Waals surface area contributed by atoms with Crippen molar-refractivity contribution in [3.05, 3.63) is 103 Å². The minimum Gasteiger partial charge on any atom is -0.478 e. The third-order valence-corrected chi connectivity index (χ3v) is 7.13. The van der Waals surface area contributed by atoms with E-state index in [9.17, 15) is 41.0 Å². The number of halogens is 8. The highest BCUT2D eigenvalue weighted by atomic mass is 35.5. The van der Waals surface area contributed by atoms with Gasteiger partial charge >= 0.3 is 18.3 Å². The summed E-state index contributed by atoms with van der Waals surface area (Å²) >= 11 is 12.2. The van der Waals surface area contributed by atoms with E-state index in [2.05, 4.69) is 4.98 Å². The van der Waals surface area contributed by atoms with Crippen LogP contribution in [0.2, 0.25) is 10.0 Å². The quantitative estimate of drug-likeness (QED) is 0.191. The number of carbonyl (C=O) groups is 1. The van der Waals surface area contributed by atoms with Crippen LogP contribution in [-0.2, 0) is 11.8 Å². The summed E-state index contributed by atoms with van der Waals surface area (Å²) in [6, 6.07) is 9.61.